The third-order valence-corrected chi connectivity index (χ3v) is 2.82. The minimum absolute atomic E-state index is 0.395. The summed E-state index contributed by atoms with van der Waals surface area (Å²) in [6.07, 6.45) is 0. The van der Waals surface area contributed by atoms with Gasteiger partial charge in [-0.15, -0.1) is 0 Å². The third-order valence-electron chi connectivity index (χ3n) is 2.82. The minimum atomic E-state index is -1.31. The number of aromatic carboxylic acids is 1. The Balaban J connectivity index is 2.77. The Labute approximate surface area is 103 Å². The van der Waals surface area contributed by atoms with Gasteiger partial charge in [-0.2, -0.15) is 5.10 Å². The number of benzene rings is 1. The van der Waals surface area contributed by atoms with Gasteiger partial charge in [0, 0.05) is 11.3 Å². The first-order valence-corrected chi connectivity index (χ1v) is 5.41. The summed E-state index contributed by atoms with van der Waals surface area (Å²) in [5.41, 5.74) is 0.761. The number of hydrogen-bond donors (Lipinski definition) is 1. The Kier molecular flexibility index (Phi) is 2.97. The Morgan fingerprint density at radius 1 is 1.22 bits per heavy atom. The van der Waals surface area contributed by atoms with Crippen LogP contribution in [-0.4, -0.2) is 20.9 Å². The van der Waals surface area contributed by atoms with E-state index in [2.05, 4.69) is 5.10 Å². The molecule has 1 N–H and O–H groups in total. The molecule has 0 aliphatic rings. The molecule has 1 heterocycles. The van der Waals surface area contributed by atoms with Gasteiger partial charge in [0.25, 0.3) is 0 Å². The summed E-state index contributed by atoms with van der Waals surface area (Å²) >= 11 is 0. The number of carbonyl (C=O) groups is 1. The van der Waals surface area contributed by atoms with Gasteiger partial charge in [0.05, 0.1) is 5.69 Å². The van der Waals surface area contributed by atoms with Crippen molar-refractivity contribution in [3.63, 3.8) is 0 Å². The number of carboxylic acids is 1. The molecule has 5 nitrogen and oxygen atoms in total. The summed E-state index contributed by atoms with van der Waals surface area (Å²) in [6.45, 7) is 3.34. The maximum atomic E-state index is 11.8. The number of carboxylic acid groups (broad SMARTS) is 1. The van der Waals surface area contributed by atoms with Gasteiger partial charge in [0.1, 0.15) is 0 Å². The highest BCUT2D eigenvalue weighted by molar-refractivity contribution is 5.85. The highest BCUT2D eigenvalue weighted by Gasteiger charge is 2.17. The molecule has 0 unspecified atom stereocenters. The van der Waals surface area contributed by atoms with Gasteiger partial charge < -0.3 is 5.11 Å². The van der Waals surface area contributed by atoms with Gasteiger partial charge in [-0.25, -0.2) is 9.48 Å². The standard InChI is InChI=1S/C13H12N2O3/c1-8-9(2)15(10-6-4-3-5-7-10)14-11(12(8)16)13(17)18/h3-7H,1-2H3,(H,17,18). The average molecular weight is 244 g/mol. The maximum Gasteiger partial charge on any atom is 0.360 e. The predicted molar refractivity (Wildman–Crippen MR) is 66.3 cm³/mol. The number of nitrogens with zero attached hydrogens (tertiary/aromatic N) is 2. The number of aromatic nitrogens is 2. The summed E-state index contributed by atoms with van der Waals surface area (Å²) in [5, 5.41) is 12.9. The zero-order valence-electron chi connectivity index (χ0n) is 10.0. The molecule has 2 aromatic rings. The minimum Gasteiger partial charge on any atom is -0.476 e. The Morgan fingerprint density at radius 2 is 1.83 bits per heavy atom. The quantitative estimate of drug-likeness (QED) is 0.869. The van der Waals surface area contributed by atoms with Gasteiger partial charge in [-0.1, -0.05) is 18.2 Å². The lowest BCUT2D eigenvalue weighted by molar-refractivity contribution is 0.0686. The topological polar surface area (TPSA) is 72.2 Å². The molecule has 18 heavy (non-hydrogen) atoms. The van der Waals surface area contributed by atoms with E-state index in [1.54, 1.807) is 26.0 Å². The van der Waals surface area contributed by atoms with Crippen LogP contribution >= 0.6 is 0 Å². The monoisotopic (exact) mass is 244 g/mol. The maximum absolute atomic E-state index is 11.8. The van der Waals surface area contributed by atoms with Crippen LogP contribution in [-0.2, 0) is 0 Å². The first kappa shape index (κ1) is 12.0. The van der Waals surface area contributed by atoms with E-state index in [0.717, 1.165) is 5.69 Å². The predicted octanol–water partition coefficient (Wildman–Crippen LogP) is 1.55. The molecular formula is C13H12N2O3. The molecule has 0 saturated carbocycles. The van der Waals surface area contributed by atoms with Crippen molar-refractivity contribution in [2.45, 2.75) is 13.8 Å². The van der Waals surface area contributed by atoms with Crippen LogP contribution in [0.15, 0.2) is 35.1 Å². The highest BCUT2D eigenvalue weighted by atomic mass is 16.4. The molecule has 0 radical (unpaired) electrons. The second-order valence-electron chi connectivity index (χ2n) is 3.94. The van der Waals surface area contributed by atoms with Gasteiger partial charge in [0.15, 0.2) is 0 Å². The molecule has 92 valence electrons. The summed E-state index contributed by atoms with van der Waals surface area (Å²) in [4.78, 5) is 22.8. The molecule has 0 aliphatic carbocycles. The first-order chi connectivity index (χ1) is 8.52. The van der Waals surface area contributed by atoms with E-state index in [1.807, 2.05) is 18.2 Å². The van der Waals surface area contributed by atoms with E-state index in [-0.39, 0.29) is 0 Å². The zero-order chi connectivity index (χ0) is 13.3. The van der Waals surface area contributed by atoms with Gasteiger partial charge in [-0.3, -0.25) is 4.79 Å². The van der Waals surface area contributed by atoms with E-state index in [0.29, 0.717) is 11.3 Å². The molecule has 5 heteroatoms. The second-order valence-corrected chi connectivity index (χ2v) is 3.94. The fraction of sp³-hybridized carbons (Fsp3) is 0.154. The van der Waals surface area contributed by atoms with E-state index < -0.39 is 17.1 Å². The Hall–Kier alpha value is -2.43. The molecular weight excluding hydrogens is 232 g/mol. The molecule has 1 aromatic carbocycles. The number of hydrogen-bond acceptors (Lipinski definition) is 3. The van der Waals surface area contributed by atoms with Crippen molar-refractivity contribution in [2.24, 2.45) is 0 Å². The third kappa shape index (κ3) is 1.90. The molecule has 0 saturated heterocycles. The van der Waals surface area contributed by atoms with Crippen LogP contribution < -0.4 is 5.43 Å². The van der Waals surface area contributed by atoms with Crippen LogP contribution in [0.3, 0.4) is 0 Å². The molecule has 2 rings (SSSR count). The SMILES string of the molecule is Cc1c(C)n(-c2ccccc2)nc(C(=O)O)c1=O. The summed E-state index contributed by atoms with van der Waals surface area (Å²) in [6, 6.07) is 9.10. The van der Waals surface area contributed by atoms with Crippen molar-refractivity contribution in [3.8, 4) is 5.69 Å². The van der Waals surface area contributed by atoms with Crippen molar-refractivity contribution in [2.75, 3.05) is 0 Å². The van der Waals surface area contributed by atoms with Gasteiger partial charge in [-0.05, 0) is 26.0 Å². The lowest BCUT2D eigenvalue weighted by Gasteiger charge is -2.12. The van der Waals surface area contributed by atoms with Crippen molar-refractivity contribution < 1.29 is 9.90 Å². The first-order valence-electron chi connectivity index (χ1n) is 5.41. The van der Waals surface area contributed by atoms with Gasteiger partial charge >= 0.3 is 5.97 Å². The van der Waals surface area contributed by atoms with Crippen molar-refractivity contribution in [1.29, 1.82) is 0 Å². The fourth-order valence-corrected chi connectivity index (χ4v) is 1.68. The lowest BCUT2D eigenvalue weighted by atomic mass is 10.2. The number of para-hydroxylation sites is 1. The van der Waals surface area contributed by atoms with Crippen molar-refractivity contribution in [3.05, 3.63) is 57.5 Å². The Morgan fingerprint density at radius 3 is 2.39 bits per heavy atom. The van der Waals surface area contributed by atoms with Crippen LogP contribution in [0.4, 0.5) is 0 Å². The summed E-state index contributed by atoms with van der Waals surface area (Å²) in [7, 11) is 0. The molecule has 0 atom stereocenters. The molecule has 0 aliphatic heterocycles. The van der Waals surface area contributed by atoms with Crippen LogP contribution in [0.2, 0.25) is 0 Å². The van der Waals surface area contributed by atoms with Gasteiger partial charge in [0.2, 0.25) is 11.1 Å². The van der Waals surface area contributed by atoms with Crippen LogP contribution in [0.1, 0.15) is 21.7 Å². The highest BCUT2D eigenvalue weighted by Crippen LogP contribution is 2.10. The molecule has 0 amide bonds. The Bertz CT molecular complexity index is 660. The van der Waals surface area contributed by atoms with Crippen LogP contribution in [0.5, 0.6) is 0 Å². The van der Waals surface area contributed by atoms with Crippen LogP contribution in [0.25, 0.3) is 5.69 Å². The number of rotatable bonds is 2. The molecule has 0 fully saturated rings. The molecule has 0 spiro atoms. The van der Waals surface area contributed by atoms with Crippen LogP contribution in [0, 0.1) is 13.8 Å². The van der Waals surface area contributed by atoms with Crippen molar-refractivity contribution in [1.82, 2.24) is 9.78 Å². The largest absolute Gasteiger partial charge is 0.476 e. The fourth-order valence-electron chi connectivity index (χ4n) is 1.68. The zero-order valence-corrected chi connectivity index (χ0v) is 10.0. The van der Waals surface area contributed by atoms with E-state index >= 15 is 0 Å². The average Bonchev–Trinajstić information content (AvgIpc) is 2.37. The van der Waals surface area contributed by atoms with E-state index in [9.17, 15) is 9.59 Å². The summed E-state index contributed by atoms with van der Waals surface area (Å²) < 4.78 is 1.47. The van der Waals surface area contributed by atoms with Crippen molar-refractivity contribution >= 4 is 5.97 Å². The lowest BCUT2D eigenvalue weighted by Crippen LogP contribution is -2.25. The normalized spacial score (nSPS) is 10.3. The van der Waals surface area contributed by atoms with E-state index in [1.165, 1.54) is 4.68 Å². The summed E-state index contributed by atoms with van der Waals surface area (Å²) in [5.74, 6) is -1.31. The smallest absolute Gasteiger partial charge is 0.360 e. The van der Waals surface area contributed by atoms with E-state index in [4.69, 9.17) is 5.11 Å². The second kappa shape index (κ2) is 4.44. The molecule has 0 bridgehead atoms. The molecule has 1 aromatic heterocycles.